The lowest BCUT2D eigenvalue weighted by Crippen LogP contribution is -2.00. The van der Waals surface area contributed by atoms with Crippen molar-refractivity contribution in [3.8, 4) is 0 Å². The maximum Gasteiger partial charge on any atom is 0.292 e. The summed E-state index contributed by atoms with van der Waals surface area (Å²) in [6.07, 6.45) is 1.44. The van der Waals surface area contributed by atoms with Crippen LogP contribution in [-0.4, -0.2) is 9.85 Å². The van der Waals surface area contributed by atoms with Crippen LogP contribution in [0.5, 0.6) is 0 Å². The minimum atomic E-state index is -0.661. The molecule has 0 saturated heterocycles. The predicted molar refractivity (Wildman–Crippen MR) is 90.8 cm³/mol. The van der Waals surface area contributed by atoms with Crippen molar-refractivity contribution < 1.29 is 14.0 Å². The summed E-state index contributed by atoms with van der Waals surface area (Å²) in [7, 11) is 0. The summed E-state index contributed by atoms with van der Waals surface area (Å²) in [5, 5.41) is 21.9. The second kappa shape index (κ2) is 8.42. The molecule has 0 aliphatic rings. The van der Waals surface area contributed by atoms with Crippen LogP contribution in [0.15, 0.2) is 53.4 Å². The summed E-state index contributed by atoms with van der Waals surface area (Å²) in [5.41, 5.74) is 0.327. The highest BCUT2D eigenvalue weighted by Gasteiger charge is 2.22. The van der Waals surface area contributed by atoms with E-state index in [2.05, 4.69) is 0 Å². The first-order valence-electron chi connectivity index (χ1n) is 7.34. The molecule has 2 aromatic rings. The van der Waals surface area contributed by atoms with E-state index in [1.165, 1.54) is 12.1 Å². The lowest BCUT2D eigenvalue weighted by atomic mass is 10.1. The molecule has 126 valence electrons. The number of nitro groups is 2. The number of hydrogen-bond donors (Lipinski definition) is 0. The largest absolute Gasteiger partial charge is 0.302 e. The summed E-state index contributed by atoms with van der Waals surface area (Å²) in [5.74, 6) is 0. The van der Waals surface area contributed by atoms with Crippen molar-refractivity contribution in [2.45, 2.75) is 30.8 Å². The van der Waals surface area contributed by atoms with Gasteiger partial charge in [-0.3, -0.25) is 20.2 Å². The summed E-state index contributed by atoms with van der Waals surface area (Å²) >= 11 is 0.874. The van der Waals surface area contributed by atoms with Crippen molar-refractivity contribution in [2.75, 3.05) is 0 Å². The molecular formula is C16H16N2O5S. The average Bonchev–Trinajstić information content (AvgIpc) is 2.59. The van der Waals surface area contributed by atoms with Gasteiger partial charge in [0.2, 0.25) is 0 Å². The Bertz CT molecular complexity index is 724. The van der Waals surface area contributed by atoms with Crippen LogP contribution >= 0.6 is 12.0 Å². The molecule has 24 heavy (non-hydrogen) atoms. The van der Waals surface area contributed by atoms with E-state index >= 15 is 0 Å². The highest BCUT2D eigenvalue weighted by molar-refractivity contribution is 7.94. The standard InChI is InChI=1S/C16H16N2O5S/c1-2-6-15(12-7-4-3-5-8-12)23-24-16-10-9-13(17(19)20)11-14(16)18(21)22/h3-5,7-11,15H,2,6H2,1H3/t15-/m1/s1. The van der Waals surface area contributed by atoms with Gasteiger partial charge >= 0.3 is 0 Å². The molecule has 0 bridgehead atoms. The Morgan fingerprint density at radius 1 is 1.08 bits per heavy atom. The lowest BCUT2D eigenvalue weighted by Gasteiger charge is -2.16. The van der Waals surface area contributed by atoms with E-state index in [1.54, 1.807) is 0 Å². The summed E-state index contributed by atoms with van der Waals surface area (Å²) < 4.78 is 5.79. The zero-order valence-electron chi connectivity index (χ0n) is 13.0. The molecule has 0 unspecified atom stereocenters. The van der Waals surface area contributed by atoms with Crippen LogP contribution in [0.3, 0.4) is 0 Å². The molecule has 0 N–H and O–H groups in total. The first-order valence-corrected chi connectivity index (χ1v) is 8.08. The molecule has 2 aromatic carbocycles. The maximum atomic E-state index is 11.2. The fourth-order valence-corrected chi connectivity index (χ4v) is 2.91. The third kappa shape index (κ3) is 4.53. The number of nitro benzene ring substituents is 2. The third-order valence-electron chi connectivity index (χ3n) is 3.33. The smallest absolute Gasteiger partial charge is 0.292 e. The van der Waals surface area contributed by atoms with Crippen LogP contribution < -0.4 is 0 Å². The van der Waals surface area contributed by atoms with E-state index in [1.807, 2.05) is 37.3 Å². The molecule has 0 aliphatic heterocycles. The highest BCUT2D eigenvalue weighted by atomic mass is 32.2. The number of benzene rings is 2. The second-order valence-electron chi connectivity index (χ2n) is 5.03. The Morgan fingerprint density at radius 3 is 2.38 bits per heavy atom. The summed E-state index contributed by atoms with van der Waals surface area (Å²) in [6, 6.07) is 13.1. The zero-order valence-corrected chi connectivity index (χ0v) is 13.8. The maximum absolute atomic E-state index is 11.2. The minimum Gasteiger partial charge on any atom is -0.302 e. The van der Waals surface area contributed by atoms with Crippen molar-refractivity contribution in [1.82, 2.24) is 0 Å². The molecule has 2 rings (SSSR count). The first-order chi connectivity index (χ1) is 11.5. The van der Waals surface area contributed by atoms with Crippen molar-refractivity contribution in [2.24, 2.45) is 0 Å². The van der Waals surface area contributed by atoms with Gasteiger partial charge in [-0.2, -0.15) is 0 Å². The molecule has 0 spiro atoms. The average molecular weight is 348 g/mol. The number of rotatable bonds is 8. The first kappa shape index (κ1) is 17.9. The van der Waals surface area contributed by atoms with Gasteiger partial charge in [0.05, 0.1) is 22.0 Å². The van der Waals surface area contributed by atoms with Crippen molar-refractivity contribution in [3.05, 3.63) is 74.3 Å². The van der Waals surface area contributed by atoms with E-state index in [9.17, 15) is 20.2 Å². The van der Waals surface area contributed by atoms with Gasteiger partial charge in [-0.15, -0.1) is 0 Å². The third-order valence-corrected chi connectivity index (χ3v) is 4.18. The molecule has 1 atom stereocenters. The lowest BCUT2D eigenvalue weighted by molar-refractivity contribution is -0.396. The van der Waals surface area contributed by atoms with Gasteiger partial charge in [0, 0.05) is 18.1 Å². The number of non-ortho nitro benzene ring substituents is 1. The fourth-order valence-electron chi connectivity index (χ4n) is 2.14. The van der Waals surface area contributed by atoms with Crippen LogP contribution in [-0.2, 0) is 4.18 Å². The normalized spacial score (nSPS) is 11.9. The molecule has 8 heteroatoms. The summed E-state index contributed by atoms with van der Waals surface area (Å²) in [6.45, 7) is 2.03. The molecule has 0 amide bonds. The van der Waals surface area contributed by atoms with Gasteiger partial charge in [0.25, 0.3) is 11.4 Å². The highest BCUT2D eigenvalue weighted by Crippen LogP contribution is 2.37. The molecular weight excluding hydrogens is 332 g/mol. The molecule has 0 saturated carbocycles. The number of nitrogens with zero attached hydrogens (tertiary/aromatic N) is 2. The molecule has 0 radical (unpaired) electrons. The Hall–Kier alpha value is -2.45. The Balaban J connectivity index is 2.20. The Labute approximate surface area is 143 Å². The van der Waals surface area contributed by atoms with Crippen LogP contribution in [0, 0.1) is 20.2 Å². The van der Waals surface area contributed by atoms with Crippen molar-refractivity contribution in [1.29, 1.82) is 0 Å². The predicted octanol–water partition coefficient (Wildman–Crippen LogP) is 5.07. The number of hydrogen-bond acceptors (Lipinski definition) is 6. The van der Waals surface area contributed by atoms with E-state index in [0.29, 0.717) is 0 Å². The molecule has 7 nitrogen and oxygen atoms in total. The quantitative estimate of drug-likeness (QED) is 0.375. The van der Waals surface area contributed by atoms with Crippen LogP contribution in [0.4, 0.5) is 11.4 Å². The van der Waals surface area contributed by atoms with Crippen molar-refractivity contribution >= 4 is 23.4 Å². The van der Waals surface area contributed by atoms with Crippen LogP contribution in [0.1, 0.15) is 31.4 Å². The zero-order chi connectivity index (χ0) is 17.5. The van der Waals surface area contributed by atoms with E-state index in [4.69, 9.17) is 4.18 Å². The topological polar surface area (TPSA) is 95.5 Å². The molecule has 0 aromatic heterocycles. The van der Waals surface area contributed by atoms with Crippen LogP contribution in [0.2, 0.25) is 0 Å². The van der Waals surface area contributed by atoms with Gasteiger partial charge in [-0.25, -0.2) is 0 Å². The fraction of sp³-hybridized carbons (Fsp3) is 0.250. The van der Waals surface area contributed by atoms with Gasteiger partial charge in [-0.05, 0) is 18.1 Å². The van der Waals surface area contributed by atoms with E-state index in [0.717, 1.165) is 36.5 Å². The van der Waals surface area contributed by atoms with E-state index < -0.39 is 9.85 Å². The van der Waals surface area contributed by atoms with Gasteiger partial charge in [0.1, 0.15) is 4.90 Å². The molecule has 0 fully saturated rings. The van der Waals surface area contributed by atoms with Gasteiger partial charge in [-0.1, -0.05) is 43.7 Å². The van der Waals surface area contributed by atoms with Crippen LogP contribution in [0.25, 0.3) is 0 Å². The second-order valence-corrected chi connectivity index (χ2v) is 5.83. The SMILES string of the molecule is CCC[C@@H](OSc1ccc([N+](=O)[O-])cc1[N+](=O)[O-])c1ccccc1. The van der Waals surface area contributed by atoms with E-state index in [-0.39, 0.29) is 22.4 Å². The molecule has 0 aliphatic carbocycles. The van der Waals surface area contributed by atoms with Gasteiger partial charge in [0.15, 0.2) is 0 Å². The Kier molecular flexibility index (Phi) is 6.28. The van der Waals surface area contributed by atoms with Crippen molar-refractivity contribution in [3.63, 3.8) is 0 Å². The monoisotopic (exact) mass is 348 g/mol. The summed E-state index contributed by atoms with van der Waals surface area (Å²) in [4.78, 5) is 20.9. The minimum absolute atomic E-state index is 0.212. The Morgan fingerprint density at radius 2 is 1.79 bits per heavy atom. The molecule has 0 heterocycles. The van der Waals surface area contributed by atoms with Gasteiger partial charge < -0.3 is 4.18 Å².